The molecule has 0 saturated heterocycles. The van der Waals surface area contributed by atoms with Crippen molar-refractivity contribution in [1.82, 2.24) is 0 Å². The third-order valence-corrected chi connectivity index (χ3v) is 2.74. The summed E-state index contributed by atoms with van der Waals surface area (Å²) in [5.41, 5.74) is 0.390. The molecule has 0 spiro atoms. The Balaban J connectivity index is 4.40. The topological polar surface area (TPSA) is 20.2 Å². The van der Waals surface area contributed by atoms with Gasteiger partial charge in [-0.3, -0.25) is 0 Å². The highest BCUT2D eigenvalue weighted by molar-refractivity contribution is 9.11. The van der Waals surface area contributed by atoms with Crippen LogP contribution in [0.4, 0.5) is 0 Å². The average Bonchev–Trinajstić information content (AvgIpc) is 1.62. The third kappa shape index (κ3) is 3.01. The van der Waals surface area contributed by atoms with E-state index in [4.69, 9.17) is 0 Å². The molecule has 2 heteroatoms. The van der Waals surface area contributed by atoms with Gasteiger partial charge in [0.2, 0.25) is 0 Å². The van der Waals surface area contributed by atoms with Gasteiger partial charge in [-0.15, -0.1) is 0 Å². The van der Waals surface area contributed by atoms with Crippen LogP contribution >= 0.6 is 15.9 Å². The Morgan fingerprint density at radius 1 is 1.33 bits per heavy atom. The molecule has 0 aromatic heterocycles. The molecule has 9 heavy (non-hydrogen) atoms. The Bertz CT molecular complexity index is 126. The van der Waals surface area contributed by atoms with Crippen molar-refractivity contribution < 1.29 is 5.11 Å². The van der Waals surface area contributed by atoms with Gasteiger partial charge in [0.1, 0.15) is 0 Å². The summed E-state index contributed by atoms with van der Waals surface area (Å²) >= 11 is 3.29. The zero-order valence-electron chi connectivity index (χ0n) is 6.33. The molecule has 0 heterocycles. The van der Waals surface area contributed by atoms with E-state index in [0.717, 1.165) is 10.1 Å². The average molecular weight is 193 g/mol. The highest BCUT2D eigenvalue weighted by Gasteiger charge is 2.17. The number of aliphatic hydroxyl groups is 1. The first kappa shape index (κ1) is 9.18. The van der Waals surface area contributed by atoms with E-state index in [1.54, 1.807) is 13.8 Å². The van der Waals surface area contributed by atoms with Crippen LogP contribution in [0, 0.1) is 0 Å². The lowest BCUT2D eigenvalue weighted by molar-refractivity contribution is 0.129. The van der Waals surface area contributed by atoms with Crippen molar-refractivity contribution in [3.05, 3.63) is 10.1 Å². The molecule has 0 saturated carbocycles. The second-order valence-corrected chi connectivity index (χ2v) is 3.67. The van der Waals surface area contributed by atoms with Crippen LogP contribution in [0.15, 0.2) is 10.1 Å². The fraction of sp³-hybridized carbons (Fsp3) is 0.714. The molecule has 0 aliphatic carbocycles. The van der Waals surface area contributed by atoms with Gasteiger partial charge < -0.3 is 5.11 Å². The Labute approximate surface area is 64.9 Å². The molecule has 1 N–H and O–H groups in total. The number of halogens is 1. The molecule has 54 valence electrons. The second kappa shape index (κ2) is 2.84. The van der Waals surface area contributed by atoms with E-state index in [1.165, 1.54) is 0 Å². The number of hydrogen-bond acceptors (Lipinski definition) is 1. The van der Waals surface area contributed by atoms with Gasteiger partial charge in [-0.05, 0) is 27.7 Å². The molecule has 0 atom stereocenters. The molecular formula is C7H13BrO. The van der Waals surface area contributed by atoms with Gasteiger partial charge in [0.05, 0.1) is 5.60 Å². The molecule has 0 aromatic rings. The molecule has 1 nitrogen and oxygen atoms in total. The molecule has 0 aromatic carbocycles. The minimum atomic E-state index is -0.723. The predicted octanol–water partition coefficient (Wildman–Crippen LogP) is 2.45. The molecular weight excluding hydrogens is 180 g/mol. The van der Waals surface area contributed by atoms with Crippen LogP contribution in [-0.2, 0) is 0 Å². The van der Waals surface area contributed by atoms with E-state index in [0.29, 0.717) is 0 Å². The third-order valence-electron chi connectivity index (χ3n) is 0.976. The minimum absolute atomic E-state index is 0.723. The molecule has 0 radical (unpaired) electrons. The summed E-state index contributed by atoms with van der Waals surface area (Å²) in [6, 6.07) is 0. The van der Waals surface area contributed by atoms with Crippen LogP contribution in [-0.4, -0.2) is 10.7 Å². The summed E-state index contributed by atoms with van der Waals surface area (Å²) < 4.78 is 0.870. The van der Waals surface area contributed by atoms with Crippen LogP contribution in [0.1, 0.15) is 27.7 Å². The quantitative estimate of drug-likeness (QED) is 0.678. The van der Waals surface area contributed by atoms with Crippen molar-refractivity contribution in [2.24, 2.45) is 0 Å². The molecule has 0 unspecified atom stereocenters. The van der Waals surface area contributed by atoms with Gasteiger partial charge in [-0.25, -0.2) is 0 Å². The van der Waals surface area contributed by atoms with Crippen molar-refractivity contribution in [1.29, 1.82) is 0 Å². The van der Waals surface area contributed by atoms with Crippen LogP contribution in [0.3, 0.4) is 0 Å². The Morgan fingerprint density at radius 3 is 1.67 bits per heavy atom. The van der Waals surface area contributed by atoms with E-state index in [9.17, 15) is 5.11 Å². The SMILES string of the molecule is CC(C)=C(Br)C(C)(C)O. The van der Waals surface area contributed by atoms with Gasteiger partial charge in [0.15, 0.2) is 0 Å². The highest BCUT2D eigenvalue weighted by Crippen LogP contribution is 2.24. The molecule has 0 aliphatic rings. The molecule has 0 fully saturated rings. The maximum absolute atomic E-state index is 9.35. The largest absolute Gasteiger partial charge is 0.385 e. The second-order valence-electron chi connectivity index (χ2n) is 2.87. The summed E-state index contributed by atoms with van der Waals surface area (Å²) in [6.07, 6.45) is 0. The van der Waals surface area contributed by atoms with Gasteiger partial charge in [0.25, 0.3) is 0 Å². The Kier molecular flexibility index (Phi) is 2.90. The summed E-state index contributed by atoms with van der Waals surface area (Å²) in [4.78, 5) is 0. The Hall–Kier alpha value is 0.180. The summed E-state index contributed by atoms with van der Waals surface area (Å²) in [7, 11) is 0. The lowest BCUT2D eigenvalue weighted by Crippen LogP contribution is -2.19. The zero-order chi connectivity index (χ0) is 7.65. The molecule has 0 bridgehead atoms. The highest BCUT2D eigenvalue weighted by atomic mass is 79.9. The maximum atomic E-state index is 9.35. The van der Waals surface area contributed by atoms with E-state index in [2.05, 4.69) is 15.9 Å². The zero-order valence-corrected chi connectivity index (χ0v) is 7.91. The van der Waals surface area contributed by atoms with Crippen molar-refractivity contribution in [3.8, 4) is 0 Å². The first-order valence-corrected chi connectivity index (χ1v) is 3.71. The fourth-order valence-corrected chi connectivity index (χ4v) is 0.612. The lowest BCUT2D eigenvalue weighted by Gasteiger charge is -2.17. The number of rotatable bonds is 1. The number of hydrogen-bond donors (Lipinski definition) is 1. The Morgan fingerprint density at radius 2 is 1.67 bits per heavy atom. The van der Waals surface area contributed by atoms with Crippen molar-refractivity contribution in [2.45, 2.75) is 33.3 Å². The standard InChI is InChI=1S/C7H13BrO/c1-5(2)6(8)7(3,4)9/h9H,1-4H3. The van der Waals surface area contributed by atoms with E-state index in [-0.39, 0.29) is 0 Å². The van der Waals surface area contributed by atoms with Crippen LogP contribution in [0.2, 0.25) is 0 Å². The molecule has 0 aliphatic heterocycles. The monoisotopic (exact) mass is 192 g/mol. The maximum Gasteiger partial charge on any atom is 0.0904 e. The molecule has 0 rings (SSSR count). The summed E-state index contributed by atoms with van der Waals surface area (Å²) in [5.74, 6) is 0. The smallest absolute Gasteiger partial charge is 0.0904 e. The van der Waals surface area contributed by atoms with Crippen LogP contribution < -0.4 is 0 Å². The summed E-state index contributed by atoms with van der Waals surface area (Å²) in [6.45, 7) is 7.43. The van der Waals surface area contributed by atoms with E-state index >= 15 is 0 Å². The first-order chi connectivity index (χ1) is 3.85. The fourth-order valence-electron chi connectivity index (χ4n) is 0.612. The van der Waals surface area contributed by atoms with Gasteiger partial charge in [0, 0.05) is 4.48 Å². The van der Waals surface area contributed by atoms with E-state index in [1.807, 2.05) is 13.8 Å². The lowest BCUT2D eigenvalue weighted by atomic mass is 10.1. The minimum Gasteiger partial charge on any atom is -0.385 e. The van der Waals surface area contributed by atoms with E-state index < -0.39 is 5.60 Å². The van der Waals surface area contributed by atoms with Gasteiger partial charge in [-0.2, -0.15) is 0 Å². The normalized spacial score (nSPS) is 11.3. The van der Waals surface area contributed by atoms with Crippen molar-refractivity contribution >= 4 is 15.9 Å². The number of allylic oxidation sites excluding steroid dienone is 1. The van der Waals surface area contributed by atoms with Gasteiger partial charge in [-0.1, -0.05) is 21.5 Å². The van der Waals surface area contributed by atoms with Crippen LogP contribution in [0.25, 0.3) is 0 Å². The molecule has 0 amide bonds. The van der Waals surface area contributed by atoms with Crippen LogP contribution in [0.5, 0.6) is 0 Å². The summed E-state index contributed by atoms with van der Waals surface area (Å²) in [5, 5.41) is 9.35. The van der Waals surface area contributed by atoms with Gasteiger partial charge >= 0.3 is 0 Å². The van der Waals surface area contributed by atoms with Crippen molar-refractivity contribution in [2.75, 3.05) is 0 Å². The van der Waals surface area contributed by atoms with Crippen molar-refractivity contribution in [3.63, 3.8) is 0 Å². The predicted molar refractivity (Wildman–Crippen MR) is 43.6 cm³/mol. The first-order valence-electron chi connectivity index (χ1n) is 2.91.